The molecular formula is C11H12F2N2O3S. The molecule has 5 nitrogen and oxygen atoms in total. The maximum Gasteiger partial charge on any atom is 0.586 e. The lowest BCUT2D eigenvalue weighted by Crippen LogP contribution is -2.33. The van der Waals surface area contributed by atoms with E-state index in [1.54, 1.807) is 6.92 Å². The molecule has 104 valence electrons. The standard InChI is InChI=1S/C11H12F2N2O3S/c1-6(16)5-14-10(19)15-7-2-3-8-9(4-7)18-11(12,13)17-8/h2-4,6,16H,5H2,1H3,(H2,14,15,19)/t6-/m0/s1. The zero-order chi connectivity index (χ0) is 14.0. The number of benzene rings is 1. The molecule has 0 radical (unpaired) electrons. The van der Waals surface area contributed by atoms with Gasteiger partial charge >= 0.3 is 6.29 Å². The van der Waals surface area contributed by atoms with Gasteiger partial charge in [0, 0.05) is 18.3 Å². The highest BCUT2D eigenvalue weighted by atomic mass is 32.1. The lowest BCUT2D eigenvalue weighted by molar-refractivity contribution is -0.286. The molecule has 0 saturated carbocycles. The molecule has 0 bridgehead atoms. The van der Waals surface area contributed by atoms with Crippen LogP contribution in [0.4, 0.5) is 14.5 Å². The number of thiocarbonyl (C=S) groups is 1. The smallest absolute Gasteiger partial charge is 0.395 e. The van der Waals surface area contributed by atoms with Crippen molar-refractivity contribution in [3.8, 4) is 11.5 Å². The van der Waals surface area contributed by atoms with Crippen molar-refractivity contribution in [2.45, 2.75) is 19.3 Å². The first-order valence-electron chi connectivity index (χ1n) is 5.48. The van der Waals surface area contributed by atoms with Crippen LogP contribution in [-0.4, -0.2) is 29.2 Å². The molecule has 1 heterocycles. The van der Waals surface area contributed by atoms with Crippen molar-refractivity contribution in [1.29, 1.82) is 0 Å². The number of aliphatic hydroxyl groups excluding tert-OH is 1. The first-order valence-corrected chi connectivity index (χ1v) is 5.89. The van der Waals surface area contributed by atoms with Gasteiger partial charge in [-0.05, 0) is 31.3 Å². The Morgan fingerprint density at radius 1 is 1.42 bits per heavy atom. The first kappa shape index (κ1) is 13.8. The van der Waals surface area contributed by atoms with Gasteiger partial charge in [-0.3, -0.25) is 0 Å². The lowest BCUT2D eigenvalue weighted by atomic mass is 10.3. The highest BCUT2D eigenvalue weighted by molar-refractivity contribution is 7.80. The van der Waals surface area contributed by atoms with Gasteiger partial charge in [0.2, 0.25) is 0 Å². The van der Waals surface area contributed by atoms with Crippen LogP contribution in [0.5, 0.6) is 11.5 Å². The summed E-state index contributed by atoms with van der Waals surface area (Å²) in [7, 11) is 0. The van der Waals surface area contributed by atoms with Crippen molar-refractivity contribution in [2.24, 2.45) is 0 Å². The molecule has 0 aliphatic carbocycles. The molecule has 0 saturated heterocycles. The van der Waals surface area contributed by atoms with Gasteiger partial charge in [0.05, 0.1) is 6.10 Å². The van der Waals surface area contributed by atoms with E-state index in [1.165, 1.54) is 18.2 Å². The quantitative estimate of drug-likeness (QED) is 0.736. The van der Waals surface area contributed by atoms with Crippen LogP contribution in [0.3, 0.4) is 0 Å². The third kappa shape index (κ3) is 3.65. The number of hydrogen-bond acceptors (Lipinski definition) is 4. The summed E-state index contributed by atoms with van der Waals surface area (Å²) in [6.45, 7) is 1.90. The van der Waals surface area contributed by atoms with E-state index in [4.69, 9.17) is 17.3 Å². The van der Waals surface area contributed by atoms with E-state index < -0.39 is 12.4 Å². The second kappa shape index (κ2) is 5.14. The van der Waals surface area contributed by atoms with Gasteiger partial charge in [-0.25, -0.2) is 0 Å². The normalized spacial score (nSPS) is 16.8. The summed E-state index contributed by atoms with van der Waals surface area (Å²) >= 11 is 4.97. The maximum atomic E-state index is 12.8. The van der Waals surface area contributed by atoms with Crippen molar-refractivity contribution < 1.29 is 23.4 Å². The fourth-order valence-corrected chi connectivity index (χ4v) is 1.64. The van der Waals surface area contributed by atoms with Crippen LogP contribution in [-0.2, 0) is 0 Å². The zero-order valence-corrected chi connectivity index (χ0v) is 10.8. The SMILES string of the molecule is C[C@H](O)CNC(=S)Nc1ccc2c(c1)OC(F)(F)O2. The highest BCUT2D eigenvalue weighted by Crippen LogP contribution is 2.42. The molecular weight excluding hydrogens is 278 g/mol. The first-order chi connectivity index (χ1) is 8.85. The number of anilines is 1. The molecule has 0 aromatic heterocycles. The van der Waals surface area contributed by atoms with Crippen molar-refractivity contribution in [2.75, 3.05) is 11.9 Å². The zero-order valence-electron chi connectivity index (χ0n) is 9.94. The molecule has 0 fully saturated rings. The Kier molecular flexibility index (Phi) is 3.72. The summed E-state index contributed by atoms with van der Waals surface area (Å²) in [6, 6.07) is 4.24. The second-order valence-corrected chi connectivity index (χ2v) is 4.42. The van der Waals surface area contributed by atoms with Crippen molar-refractivity contribution in [3.05, 3.63) is 18.2 Å². The monoisotopic (exact) mass is 290 g/mol. The molecule has 1 aromatic carbocycles. The molecule has 1 atom stereocenters. The third-order valence-corrected chi connectivity index (χ3v) is 2.46. The predicted molar refractivity (Wildman–Crippen MR) is 68.5 cm³/mol. The average molecular weight is 290 g/mol. The largest absolute Gasteiger partial charge is 0.586 e. The van der Waals surface area contributed by atoms with Crippen LogP contribution >= 0.6 is 12.2 Å². The highest BCUT2D eigenvalue weighted by Gasteiger charge is 2.43. The Bertz CT molecular complexity index is 497. The van der Waals surface area contributed by atoms with Crippen LogP contribution in [0.1, 0.15) is 6.92 Å². The minimum Gasteiger partial charge on any atom is -0.395 e. The van der Waals surface area contributed by atoms with Crippen LogP contribution in [0, 0.1) is 0 Å². The van der Waals surface area contributed by atoms with Gasteiger partial charge in [0.1, 0.15) is 0 Å². The molecule has 1 aliphatic heterocycles. The molecule has 19 heavy (non-hydrogen) atoms. The fraction of sp³-hybridized carbons (Fsp3) is 0.364. The number of aliphatic hydroxyl groups is 1. The number of halogens is 2. The van der Waals surface area contributed by atoms with Gasteiger partial charge in [0.25, 0.3) is 0 Å². The molecule has 2 rings (SSSR count). The van der Waals surface area contributed by atoms with E-state index >= 15 is 0 Å². The fourth-order valence-electron chi connectivity index (χ4n) is 1.44. The van der Waals surface area contributed by atoms with E-state index in [0.29, 0.717) is 5.69 Å². The summed E-state index contributed by atoms with van der Waals surface area (Å²) in [5.41, 5.74) is 0.475. The van der Waals surface area contributed by atoms with E-state index in [0.717, 1.165) is 0 Å². The van der Waals surface area contributed by atoms with E-state index in [-0.39, 0.29) is 23.2 Å². The van der Waals surface area contributed by atoms with Gasteiger partial charge < -0.3 is 25.2 Å². The van der Waals surface area contributed by atoms with E-state index in [2.05, 4.69) is 20.1 Å². The summed E-state index contributed by atoms with van der Waals surface area (Å²) in [6.07, 6.45) is -4.18. The van der Waals surface area contributed by atoms with E-state index in [1.807, 2.05) is 0 Å². The van der Waals surface area contributed by atoms with Crippen LogP contribution in [0.25, 0.3) is 0 Å². The van der Waals surface area contributed by atoms with Crippen molar-refractivity contribution in [1.82, 2.24) is 5.32 Å². The molecule has 8 heteroatoms. The Morgan fingerprint density at radius 2 is 2.11 bits per heavy atom. The van der Waals surface area contributed by atoms with Crippen LogP contribution in [0.2, 0.25) is 0 Å². The van der Waals surface area contributed by atoms with Gasteiger partial charge in [0.15, 0.2) is 16.6 Å². The Labute approximate surface area is 113 Å². The lowest BCUT2D eigenvalue weighted by Gasteiger charge is -2.11. The molecule has 0 spiro atoms. The third-order valence-electron chi connectivity index (χ3n) is 2.22. The minimum atomic E-state index is -3.63. The number of fused-ring (bicyclic) bond motifs is 1. The van der Waals surface area contributed by atoms with Gasteiger partial charge in [-0.15, -0.1) is 8.78 Å². The summed E-state index contributed by atoms with van der Waals surface area (Å²) in [5.74, 6) is -0.0910. The number of rotatable bonds is 3. The molecule has 3 N–H and O–H groups in total. The Balaban J connectivity index is 1.98. The summed E-state index contributed by atoms with van der Waals surface area (Å²) in [4.78, 5) is 0. The van der Waals surface area contributed by atoms with Crippen LogP contribution < -0.4 is 20.1 Å². The molecule has 1 aliphatic rings. The number of nitrogens with one attached hydrogen (secondary N) is 2. The number of hydrogen-bond donors (Lipinski definition) is 3. The van der Waals surface area contributed by atoms with Crippen molar-refractivity contribution >= 4 is 23.0 Å². The molecule has 0 amide bonds. The minimum absolute atomic E-state index is 0.0293. The van der Waals surface area contributed by atoms with Gasteiger partial charge in [-0.1, -0.05) is 0 Å². The maximum absolute atomic E-state index is 12.8. The Morgan fingerprint density at radius 3 is 2.79 bits per heavy atom. The summed E-state index contributed by atoms with van der Waals surface area (Å²) < 4.78 is 34.2. The average Bonchev–Trinajstić information content (AvgIpc) is 2.59. The van der Waals surface area contributed by atoms with Crippen molar-refractivity contribution in [3.63, 3.8) is 0 Å². The number of ether oxygens (including phenoxy) is 2. The summed E-state index contributed by atoms with van der Waals surface area (Å²) in [5, 5.41) is 14.9. The topological polar surface area (TPSA) is 62.8 Å². The molecule has 0 unspecified atom stereocenters. The molecule has 1 aromatic rings. The van der Waals surface area contributed by atoms with Gasteiger partial charge in [-0.2, -0.15) is 0 Å². The van der Waals surface area contributed by atoms with Crippen LogP contribution in [0.15, 0.2) is 18.2 Å². The second-order valence-electron chi connectivity index (χ2n) is 4.01. The predicted octanol–water partition coefficient (Wildman–Crippen LogP) is 1.68. The number of alkyl halides is 2. The van der Waals surface area contributed by atoms with E-state index in [9.17, 15) is 8.78 Å². The Hall–Kier alpha value is -1.67.